The first-order valence-corrected chi connectivity index (χ1v) is 9.07. The van der Waals surface area contributed by atoms with Gasteiger partial charge in [0.15, 0.2) is 5.11 Å². The van der Waals surface area contributed by atoms with Crippen LogP contribution in [-0.2, 0) is 6.54 Å². The highest BCUT2D eigenvalue weighted by atomic mass is 32.1. The molecule has 0 bridgehead atoms. The van der Waals surface area contributed by atoms with Crippen LogP contribution in [0.2, 0.25) is 0 Å². The van der Waals surface area contributed by atoms with Crippen LogP contribution in [0.15, 0.2) is 48.5 Å². The molecule has 1 N–H and O–H groups in total. The number of ether oxygens (including phenoxy) is 1. The first kappa shape index (κ1) is 17.5. The molecule has 3 rings (SSSR count). The molecule has 1 aliphatic rings. The zero-order valence-corrected chi connectivity index (χ0v) is 15.7. The Bertz CT molecular complexity index is 711. The molecule has 0 atom stereocenters. The van der Waals surface area contributed by atoms with E-state index in [1.54, 1.807) is 7.11 Å². The maximum Gasteiger partial charge on any atom is 0.173 e. The van der Waals surface area contributed by atoms with Crippen molar-refractivity contribution in [2.24, 2.45) is 0 Å². The highest BCUT2D eigenvalue weighted by molar-refractivity contribution is 7.80. The molecule has 0 aliphatic carbocycles. The molecule has 0 radical (unpaired) electrons. The zero-order chi connectivity index (χ0) is 17.6. The molecule has 0 unspecified atom stereocenters. The van der Waals surface area contributed by atoms with E-state index in [0.717, 1.165) is 31.1 Å². The second-order valence-electron chi connectivity index (χ2n) is 6.34. The minimum atomic E-state index is 0.710. The van der Waals surface area contributed by atoms with Gasteiger partial charge in [-0.1, -0.05) is 18.2 Å². The van der Waals surface area contributed by atoms with Gasteiger partial charge in [0.1, 0.15) is 5.75 Å². The third kappa shape index (κ3) is 4.42. The van der Waals surface area contributed by atoms with Crippen molar-refractivity contribution >= 4 is 28.7 Å². The fourth-order valence-electron chi connectivity index (χ4n) is 3.13. The number of hydrogen-bond donors (Lipinski definition) is 1. The molecule has 132 valence electrons. The summed E-state index contributed by atoms with van der Waals surface area (Å²) in [5.41, 5.74) is 3.61. The van der Waals surface area contributed by atoms with Gasteiger partial charge in [-0.2, -0.15) is 0 Å². The van der Waals surface area contributed by atoms with Crippen molar-refractivity contribution in [1.29, 1.82) is 0 Å². The molecule has 1 heterocycles. The molecule has 1 fully saturated rings. The molecule has 1 aliphatic heterocycles. The van der Waals surface area contributed by atoms with E-state index in [2.05, 4.69) is 39.4 Å². The summed E-state index contributed by atoms with van der Waals surface area (Å²) in [4.78, 5) is 4.55. The quantitative estimate of drug-likeness (QED) is 0.815. The highest BCUT2D eigenvalue weighted by Gasteiger charge is 2.16. The van der Waals surface area contributed by atoms with Crippen molar-refractivity contribution < 1.29 is 4.74 Å². The molecule has 1 saturated heterocycles. The Morgan fingerprint density at radius 3 is 2.48 bits per heavy atom. The number of hydrogen-bond acceptors (Lipinski definition) is 3. The SMILES string of the molecule is COc1ccc(NC(=S)N(C)Cc2ccccc2N2CCCC2)cc1. The van der Waals surface area contributed by atoms with E-state index in [0.29, 0.717) is 5.11 Å². The van der Waals surface area contributed by atoms with E-state index >= 15 is 0 Å². The van der Waals surface area contributed by atoms with Gasteiger partial charge in [-0.3, -0.25) is 0 Å². The van der Waals surface area contributed by atoms with Crippen LogP contribution < -0.4 is 15.0 Å². The summed E-state index contributed by atoms with van der Waals surface area (Å²) in [6.45, 7) is 3.08. The average Bonchev–Trinajstić information content (AvgIpc) is 3.17. The Morgan fingerprint density at radius 2 is 1.80 bits per heavy atom. The number of thiocarbonyl (C=S) groups is 1. The van der Waals surface area contributed by atoms with Crippen LogP contribution in [0.1, 0.15) is 18.4 Å². The molecule has 2 aromatic carbocycles. The fourth-order valence-corrected chi connectivity index (χ4v) is 3.31. The first-order chi connectivity index (χ1) is 12.2. The molecule has 0 amide bonds. The number of nitrogens with zero attached hydrogens (tertiary/aromatic N) is 2. The maximum atomic E-state index is 5.57. The molecule has 0 spiro atoms. The van der Waals surface area contributed by atoms with E-state index in [4.69, 9.17) is 17.0 Å². The van der Waals surface area contributed by atoms with Crippen LogP contribution in [0, 0.1) is 0 Å². The third-order valence-corrected chi connectivity index (χ3v) is 4.95. The smallest absolute Gasteiger partial charge is 0.173 e. The van der Waals surface area contributed by atoms with E-state index in [1.165, 1.54) is 24.1 Å². The number of rotatable bonds is 5. The third-order valence-electron chi connectivity index (χ3n) is 4.53. The molecule has 5 heteroatoms. The summed E-state index contributed by atoms with van der Waals surface area (Å²) in [6, 6.07) is 16.4. The van der Waals surface area contributed by atoms with Crippen molar-refractivity contribution in [2.75, 3.05) is 37.5 Å². The van der Waals surface area contributed by atoms with Crippen molar-refractivity contribution in [2.45, 2.75) is 19.4 Å². The molecule has 2 aromatic rings. The monoisotopic (exact) mass is 355 g/mol. The summed E-state index contributed by atoms with van der Waals surface area (Å²) < 4.78 is 5.19. The number of benzene rings is 2. The van der Waals surface area contributed by atoms with Crippen LogP contribution in [0.5, 0.6) is 5.75 Å². The van der Waals surface area contributed by atoms with Crippen LogP contribution in [-0.4, -0.2) is 37.3 Å². The standard InChI is InChI=1S/C20H25N3OS/c1-22(20(25)21-17-9-11-18(24-2)12-10-17)15-16-7-3-4-8-19(16)23-13-5-6-14-23/h3-4,7-12H,5-6,13-15H2,1-2H3,(H,21,25). The van der Waals surface area contributed by atoms with Crippen LogP contribution in [0.25, 0.3) is 0 Å². The topological polar surface area (TPSA) is 27.7 Å². The Kier molecular flexibility index (Phi) is 5.76. The second-order valence-corrected chi connectivity index (χ2v) is 6.72. The molecular formula is C20H25N3OS. The van der Waals surface area contributed by atoms with Crippen LogP contribution in [0.3, 0.4) is 0 Å². The molecule has 4 nitrogen and oxygen atoms in total. The van der Waals surface area contributed by atoms with Crippen molar-refractivity contribution in [3.05, 3.63) is 54.1 Å². The minimum Gasteiger partial charge on any atom is -0.497 e. The summed E-state index contributed by atoms with van der Waals surface area (Å²) in [6.07, 6.45) is 2.56. The number of anilines is 2. The predicted octanol–water partition coefficient (Wildman–Crippen LogP) is 4.12. The van der Waals surface area contributed by atoms with Crippen molar-refractivity contribution in [1.82, 2.24) is 4.90 Å². The lowest BCUT2D eigenvalue weighted by atomic mass is 10.1. The first-order valence-electron chi connectivity index (χ1n) is 8.66. The van der Waals surface area contributed by atoms with Gasteiger partial charge in [0.25, 0.3) is 0 Å². The van der Waals surface area contributed by atoms with Gasteiger partial charge < -0.3 is 19.9 Å². The van der Waals surface area contributed by atoms with Crippen molar-refractivity contribution in [3.8, 4) is 5.75 Å². The van der Waals surface area contributed by atoms with E-state index < -0.39 is 0 Å². The van der Waals surface area contributed by atoms with Gasteiger partial charge >= 0.3 is 0 Å². The maximum absolute atomic E-state index is 5.57. The normalized spacial score (nSPS) is 13.6. The number of para-hydroxylation sites is 1. The number of nitrogens with one attached hydrogen (secondary N) is 1. The van der Waals surface area contributed by atoms with E-state index in [1.807, 2.05) is 31.3 Å². The minimum absolute atomic E-state index is 0.710. The second kappa shape index (κ2) is 8.21. The van der Waals surface area contributed by atoms with Gasteiger partial charge in [0.2, 0.25) is 0 Å². The van der Waals surface area contributed by atoms with Crippen LogP contribution >= 0.6 is 12.2 Å². The Balaban J connectivity index is 1.65. The fraction of sp³-hybridized carbons (Fsp3) is 0.350. The molecular weight excluding hydrogens is 330 g/mol. The largest absolute Gasteiger partial charge is 0.497 e. The summed E-state index contributed by atoms with van der Waals surface area (Å²) >= 11 is 5.57. The molecule has 0 saturated carbocycles. The highest BCUT2D eigenvalue weighted by Crippen LogP contribution is 2.25. The lowest BCUT2D eigenvalue weighted by Gasteiger charge is -2.26. The summed E-state index contributed by atoms with van der Waals surface area (Å²) in [5.74, 6) is 0.837. The zero-order valence-electron chi connectivity index (χ0n) is 14.9. The number of methoxy groups -OCH3 is 1. The lowest BCUT2D eigenvalue weighted by Crippen LogP contribution is -2.31. The van der Waals surface area contributed by atoms with E-state index in [-0.39, 0.29) is 0 Å². The Morgan fingerprint density at radius 1 is 1.12 bits per heavy atom. The van der Waals surface area contributed by atoms with Crippen LogP contribution in [0.4, 0.5) is 11.4 Å². The van der Waals surface area contributed by atoms with Gasteiger partial charge in [0, 0.05) is 38.1 Å². The van der Waals surface area contributed by atoms with Gasteiger partial charge in [-0.25, -0.2) is 0 Å². The summed E-state index contributed by atoms with van der Waals surface area (Å²) in [5, 5.41) is 4.00. The molecule has 25 heavy (non-hydrogen) atoms. The summed E-state index contributed by atoms with van der Waals surface area (Å²) in [7, 11) is 3.69. The Hall–Kier alpha value is -2.27. The van der Waals surface area contributed by atoms with Gasteiger partial charge in [-0.05, 0) is 61.0 Å². The van der Waals surface area contributed by atoms with Gasteiger partial charge in [0.05, 0.1) is 7.11 Å². The lowest BCUT2D eigenvalue weighted by molar-refractivity contribution is 0.415. The average molecular weight is 356 g/mol. The van der Waals surface area contributed by atoms with Crippen molar-refractivity contribution in [3.63, 3.8) is 0 Å². The predicted molar refractivity (Wildman–Crippen MR) is 109 cm³/mol. The molecule has 0 aromatic heterocycles. The van der Waals surface area contributed by atoms with E-state index in [9.17, 15) is 0 Å². The van der Waals surface area contributed by atoms with Gasteiger partial charge in [-0.15, -0.1) is 0 Å². The Labute approximate surface area is 155 Å².